The first-order valence-corrected chi connectivity index (χ1v) is 5.41. The molecule has 0 unspecified atom stereocenters. The second kappa shape index (κ2) is 5.26. The predicted octanol–water partition coefficient (Wildman–Crippen LogP) is 2.44. The summed E-state index contributed by atoms with van der Waals surface area (Å²) in [6.45, 7) is 0. The fourth-order valence-electron chi connectivity index (χ4n) is 1.78. The molecule has 0 fully saturated rings. The lowest BCUT2D eigenvalue weighted by Crippen LogP contribution is -2.06. The highest BCUT2D eigenvalue weighted by atomic mass is 16.6. The molecule has 6 heteroatoms. The Labute approximate surface area is 108 Å². The van der Waals surface area contributed by atoms with Gasteiger partial charge in [0.05, 0.1) is 17.6 Å². The van der Waals surface area contributed by atoms with Crippen LogP contribution in [0.1, 0.15) is 10.4 Å². The van der Waals surface area contributed by atoms with E-state index >= 15 is 0 Å². The number of nitro benzene ring substituents is 1. The fraction of sp³-hybridized carbons (Fsp3) is 0.0769. The van der Waals surface area contributed by atoms with Gasteiger partial charge in [0.2, 0.25) is 0 Å². The molecule has 0 aliphatic carbocycles. The first-order valence-electron chi connectivity index (χ1n) is 5.41. The van der Waals surface area contributed by atoms with Gasteiger partial charge in [-0.1, -0.05) is 6.07 Å². The van der Waals surface area contributed by atoms with Crippen LogP contribution in [0.5, 0.6) is 0 Å². The van der Waals surface area contributed by atoms with E-state index < -0.39 is 10.9 Å². The Bertz CT molecular complexity index is 626. The molecule has 0 amide bonds. The van der Waals surface area contributed by atoms with E-state index in [9.17, 15) is 14.9 Å². The van der Waals surface area contributed by atoms with E-state index in [1.165, 1.54) is 25.6 Å². The van der Waals surface area contributed by atoms with Gasteiger partial charge >= 0.3 is 5.97 Å². The number of methoxy groups -OCH3 is 1. The number of carbonyl (C=O) groups is 1. The maximum absolute atomic E-state index is 11.6. The van der Waals surface area contributed by atoms with Gasteiger partial charge in [0.1, 0.15) is 5.56 Å². The molecule has 0 saturated carbocycles. The quantitative estimate of drug-likeness (QED) is 0.479. The van der Waals surface area contributed by atoms with Crippen molar-refractivity contribution in [2.75, 3.05) is 7.11 Å². The van der Waals surface area contributed by atoms with Gasteiger partial charge in [-0.15, -0.1) is 0 Å². The first-order chi connectivity index (χ1) is 9.15. The minimum Gasteiger partial charge on any atom is -0.465 e. The zero-order valence-corrected chi connectivity index (χ0v) is 10.1. The summed E-state index contributed by atoms with van der Waals surface area (Å²) >= 11 is 0. The molecule has 0 N–H and O–H groups in total. The standard InChI is InChI=1S/C13H10N2O4/c1-19-13(16)11-4-2-3-10(12(11)15(17)18)9-5-7-14-8-6-9/h2-8H,1H3. The molecular formula is C13H10N2O4. The molecule has 2 aromatic rings. The van der Waals surface area contributed by atoms with Gasteiger partial charge in [-0.3, -0.25) is 15.1 Å². The lowest BCUT2D eigenvalue weighted by atomic mass is 10.0. The number of nitrogens with zero attached hydrogens (tertiary/aromatic N) is 2. The number of esters is 1. The number of aromatic nitrogens is 1. The molecule has 0 aliphatic heterocycles. The Kier molecular flexibility index (Phi) is 3.51. The van der Waals surface area contributed by atoms with Crippen molar-refractivity contribution in [3.63, 3.8) is 0 Å². The normalized spacial score (nSPS) is 9.95. The third kappa shape index (κ3) is 2.42. The van der Waals surface area contributed by atoms with Crippen LogP contribution in [0, 0.1) is 10.1 Å². The van der Waals surface area contributed by atoms with Crippen molar-refractivity contribution in [1.29, 1.82) is 0 Å². The summed E-state index contributed by atoms with van der Waals surface area (Å²) in [7, 11) is 1.19. The van der Waals surface area contributed by atoms with E-state index in [1.807, 2.05) is 0 Å². The van der Waals surface area contributed by atoms with Crippen LogP contribution in [-0.4, -0.2) is 23.0 Å². The van der Waals surface area contributed by atoms with E-state index in [0.29, 0.717) is 11.1 Å². The van der Waals surface area contributed by atoms with Crippen LogP contribution >= 0.6 is 0 Å². The van der Waals surface area contributed by atoms with Crippen molar-refractivity contribution in [3.8, 4) is 11.1 Å². The van der Waals surface area contributed by atoms with Gasteiger partial charge in [-0.2, -0.15) is 0 Å². The van der Waals surface area contributed by atoms with E-state index in [-0.39, 0.29) is 11.3 Å². The van der Waals surface area contributed by atoms with Crippen molar-refractivity contribution in [2.24, 2.45) is 0 Å². The minimum atomic E-state index is -0.734. The van der Waals surface area contributed by atoms with Crippen molar-refractivity contribution in [2.45, 2.75) is 0 Å². The maximum atomic E-state index is 11.6. The molecule has 0 saturated heterocycles. The summed E-state index contributed by atoms with van der Waals surface area (Å²) in [6, 6.07) is 7.82. The average molecular weight is 258 g/mol. The van der Waals surface area contributed by atoms with Crippen LogP contribution in [0.25, 0.3) is 11.1 Å². The molecule has 0 bridgehead atoms. The third-order valence-electron chi connectivity index (χ3n) is 2.62. The van der Waals surface area contributed by atoms with Gasteiger partial charge in [0, 0.05) is 12.4 Å². The number of hydrogen-bond acceptors (Lipinski definition) is 5. The van der Waals surface area contributed by atoms with Crippen molar-refractivity contribution < 1.29 is 14.5 Å². The zero-order valence-electron chi connectivity index (χ0n) is 10.1. The number of pyridine rings is 1. The molecule has 0 radical (unpaired) electrons. The third-order valence-corrected chi connectivity index (χ3v) is 2.62. The molecule has 1 aromatic carbocycles. The van der Waals surface area contributed by atoms with E-state index in [2.05, 4.69) is 9.72 Å². The number of rotatable bonds is 3. The highest BCUT2D eigenvalue weighted by molar-refractivity contribution is 5.97. The lowest BCUT2D eigenvalue weighted by Gasteiger charge is -2.06. The first kappa shape index (κ1) is 12.7. The van der Waals surface area contributed by atoms with Gasteiger partial charge in [0.15, 0.2) is 0 Å². The minimum absolute atomic E-state index is 0.0678. The predicted molar refractivity (Wildman–Crippen MR) is 67.7 cm³/mol. The Morgan fingerprint density at radius 3 is 2.53 bits per heavy atom. The van der Waals surface area contributed by atoms with Gasteiger partial charge in [0.25, 0.3) is 5.69 Å². The summed E-state index contributed by atoms with van der Waals surface area (Å²) < 4.78 is 4.56. The van der Waals surface area contributed by atoms with Gasteiger partial charge < -0.3 is 4.74 Å². The largest absolute Gasteiger partial charge is 0.465 e. The summed E-state index contributed by atoms with van der Waals surface area (Å²) in [4.78, 5) is 26.1. The van der Waals surface area contributed by atoms with Crippen molar-refractivity contribution in [1.82, 2.24) is 4.98 Å². The van der Waals surface area contributed by atoms with Crippen LogP contribution in [0.2, 0.25) is 0 Å². The Morgan fingerprint density at radius 1 is 1.26 bits per heavy atom. The van der Waals surface area contributed by atoms with E-state index in [1.54, 1.807) is 24.3 Å². The summed E-state index contributed by atoms with van der Waals surface area (Å²) in [5.74, 6) is -0.734. The molecule has 2 rings (SSSR count). The van der Waals surface area contributed by atoms with Gasteiger partial charge in [-0.25, -0.2) is 4.79 Å². The van der Waals surface area contributed by atoms with Crippen LogP contribution < -0.4 is 0 Å². The van der Waals surface area contributed by atoms with E-state index in [0.717, 1.165) is 0 Å². The average Bonchev–Trinajstić information content (AvgIpc) is 2.46. The van der Waals surface area contributed by atoms with Crippen LogP contribution in [-0.2, 0) is 4.74 Å². The molecule has 19 heavy (non-hydrogen) atoms. The van der Waals surface area contributed by atoms with Crippen LogP contribution in [0.4, 0.5) is 5.69 Å². The number of nitro groups is 1. The number of ether oxygens (including phenoxy) is 1. The summed E-state index contributed by atoms with van der Waals surface area (Å²) in [6.07, 6.45) is 3.06. The smallest absolute Gasteiger partial charge is 0.344 e. The van der Waals surface area contributed by atoms with Gasteiger partial charge in [-0.05, 0) is 29.8 Å². The molecule has 1 heterocycles. The molecule has 0 spiro atoms. The Morgan fingerprint density at radius 2 is 1.95 bits per heavy atom. The Balaban J connectivity index is 2.69. The molecule has 1 aromatic heterocycles. The number of benzene rings is 1. The number of para-hydroxylation sites is 1. The molecule has 6 nitrogen and oxygen atoms in total. The lowest BCUT2D eigenvalue weighted by molar-refractivity contribution is -0.384. The number of hydrogen-bond donors (Lipinski definition) is 0. The highest BCUT2D eigenvalue weighted by Gasteiger charge is 2.25. The maximum Gasteiger partial charge on any atom is 0.344 e. The second-order valence-electron chi connectivity index (χ2n) is 3.69. The van der Waals surface area contributed by atoms with Crippen molar-refractivity contribution >= 4 is 11.7 Å². The molecule has 0 aliphatic rings. The van der Waals surface area contributed by atoms with Crippen molar-refractivity contribution in [3.05, 3.63) is 58.4 Å². The Hall–Kier alpha value is -2.76. The number of carbonyl (C=O) groups excluding carboxylic acids is 1. The SMILES string of the molecule is COC(=O)c1cccc(-c2ccncc2)c1[N+](=O)[O-]. The van der Waals surface area contributed by atoms with E-state index in [4.69, 9.17) is 0 Å². The monoisotopic (exact) mass is 258 g/mol. The summed E-state index contributed by atoms with van der Waals surface area (Å²) in [5.41, 5.74) is 0.644. The zero-order chi connectivity index (χ0) is 13.8. The molecular weight excluding hydrogens is 248 g/mol. The van der Waals surface area contributed by atoms with Crippen LogP contribution in [0.15, 0.2) is 42.7 Å². The highest BCUT2D eigenvalue weighted by Crippen LogP contribution is 2.32. The molecule has 0 atom stereocenters. The van der Waals surface area contributed by atoms with Crippen LogP contribution in [0.3, 0.4) is 0 Å². The molecule has 96 valence electrons. The summed E-state index contributed by atoms with van der Waals surface area (Å²) in [5, 5.41) is 11.2. The second-order valence-corrected chi connectivity index (χ2v) is 3.69. The fourth-order valence-corrected chi connectivity index (χ4v) is 1.78. The topological polar surface area (TPSA) is 82.3 Å².